The van der Waals surface area contributed by atoms with E-state index in [9.17, 15) is 14.4 Å². The first-order chi connectivity index (χ1) is 7.41. The first-order valence-corrected chi connectivity index (χ1v) is 4.87. The van der Waals surface area contributed by atoms with Crippen molar-refractivity contribution in [3.8, 4) is 0 Å². The Morgan fingerprint density at radius 3 is 1.19 bits per heavy atom. The summed E-state index contributed by atoms with van der Waals surface area (Å²) in [5, 5.41) is 7.73. The van der Waals surface area contributed by atoms with Gasteiger partial charge in [0.15, 0.2) is 0 Å². The maximum atomic E-state index is 10.7. The Hall–Kier alpha value is -1.63. The fourth-order valence-electron chi connectivity index (χ4n) is 0.837. The van der Waals surface area contributed by atoms with E-state index in [1.807, 2.05) is 0 Å². The Labute approximate surface area is 94.6 Å². The summed E-state index contributed by atoms with van der Waals surface area (Å²) >= 11 is 0. The molecule has 7 heteroatoms. The molecule has 92 valence electrons. The smallest absolute Gasteiger partial charge is 0.217 e. The van der Waals surface area contributed by atoms with Gasteiger partial charge in [-0.3, -0.25) is 19.3 Å². The Morgan fingerprint density at radius 2 is 1.00 bits per heavy atom. The highest BCUT2D eigenvalue weighted by atomic mass is 16.2. The molecule has 0 aliphatic carbocycles. The average molecular weight is 230 g/mol. The van der Waals surface area contributed by atoms with Gasteiger partial charge in [-0.1, -0.05) is 0 Å². The van der Waals surface area contributed by atoms with Gasteiger partial charge in [-0.25, -0.2) is 0 Å². The number of amides is 3. The summed E-state index contributed by atoms with van der Waals surface area (Å²) < 4.78 is 0. The number of carbonyl (C=O) groups excluding carboxylic acids is 3. The van der Waals surface area contributed by atoms with Crippen molar-refractivity contribution < 1.29 is 14.4 Å². The molecule has 0 radical (unpaired) electrons. The van der Waals surface area contributed by atoms with Crippen LogP contribution in [0.1, 0.15) is 20.8 Å². The number of nitrogens with zero attached hydrogens (tertiary/aromatic N) is 1. The topological polar surface area (TPSA) is 90.5 Å². The lowest BCUT2D eigenvalue weighted by molar-refractivity contribution is -0.120. The van der Waals surface area contributed by atoms with E-state index in [1.54, 1.807) is 4.90 Å². The third kappa shape index (κ3) is 8.95. The fraction of sp³-hybridized carbons (Fsp3) is 0.667. The lowest BCUT2D eigenvalue weighted by Crippen LogP contribution is -2.47. The molecule has 0 saturated heterocycles. The maximum Gasteiger partial charge on any atom is 0.217 e. The van der Waals surface area contributed by atoms with Crippen LogP contribution in [0.15, 0.2) is 0 Å². The summed E-state index contributed by atoms with van der Waals surface area (Å²) in [5.74, 6) is -0.512. The zero-order valence-corrected chi connectivity index (χ0v) is 9.79. The van der Waals surface area contributed by atoms with Gasteiger partial charge in [0, 0.05) is 20.8 Å². The van der Waals surface area contributed by atoms with Crippen LogP contribution in [0, 0.1) is 0 Å². The molecule has 0 fully saturated rings. The summed E-state index contributed by atoms with van der Waals surface area (Å²) in [6.07, 6.45) is 0. The molecule has 0 rings (SSSR count). The summed E-state index contributed by atoms with van der Waals surface area (Å²) in [4.78, 5) is 33.8. The second kappa shape index (κ2) is 7.63. The van der Waals surface area contributed by atoms with Crippen molar-refractivity contribution in [2.24, 2.45) is 0 Å². The average Bonchev–Trinajstić information content (AvgIpc) is 2.15. The molecule has 0 atom stereocenters. The molecular weight excluding hydrogens is 212 g/mol. The Kier molecular flexibility index (Phi) is 6.86. The van der Waals surface area contributed by atoms with Crippen LogP contribution in [-0.2, 0) is 14.4 Å². The normalized spacial score (nSPS) is 9.75. The summed E-state index contributed by atoms with van der Waals surface area (Å²) in [5.41, 5.74) is 0. The van der Waals surface area contributed by atoms with E-state index in [1.165, 1.54) is 20.8 Å². The van der Waals surface area contributed by atoms with Crippen LogP contribution >= 0.6 is 0 Å². The molecule has 0 aromatic heterocycles. The predicted octanol–water partition coefficient (Wildman–Crippen LogP) is -1.43. The van der Waals surface area contributed by atoms with Crippen molar-refractivity contribution in [3.05, 3.63) is 0 Å². The van der Waals surface area contributed by atoms with E-state index in [0.717, 1.165) is 0 Å². The first-order valence-electron chi connectivity index (χ1n) is 4.87. The molecule has 0 spiro atoms. The van der Waals surface area contributed by atoms with Gasteiger partial charge in [-0.05, 0) is 0 Å². The highest BCUT2D eigenvalue weighted by molar-refractivity contribution is 5.73. The Morgan fingerprint density at radius 1 is 0.750 bits per heavy atom. The molecule has 3 amide bonds. The van der Waals surface area contributed by atoms with Gasteiger partial charge in [0.25, 0.3) is 0 Å². The SMILES string of the molecule is CC(=O)NCN(CNC(C)=O)CNC(C)=O. The third-order valence-electron chi connectivity index (χ3n) is 1.65. The number of carbonyl (C=O) groups is 3. The lowest BCUT2D eigenvalue weighted by Gasteiger charge is -2.22. The van der Waals surface area contributed by atoms with Gasteiger partial charge in [0.05, 0.1) is 20.0 Å². The number of hydrogen-bond donors (Lipinski definition) is 3. The van der Waals surface area contributed by atoms with Crippen LogP contribution in [0.3, 0.4) is 0 Å². The highest BCUT2D eigenvalue weighted by Crippen LogP contribution is 1.81. The zero-order valence-electron chi connectivity index (χ0n) is 9.79. The lowest BCUT2D eigenvalue weighted by atomic mass is 10.6. The zero-order chi connectivity index (χ0) is 12.6. The summed E-state index contributed by atoms with van der Waals surface area (Å²) in [6.45, 7) is 4.97. The minimum atomic E-state index is -0.171. The molecule has 0 unspecified atom stereocenters. The number of nitrogens with one attached hydrogen (secondary N) is 3. The monoisotopic (exact) mass is 230 g/mol. The molecule has 16 heavy (non-hydrogen) atoms. The van der Waals surface area contributed by atoms with Gasteiger partial charge < -0.3 is 16.0 Å². The highest BCUT2D eigenvalue weighted by Gasteiger charge is 2.06. The van der Waals surface area contributed by atoms with Gasteiger partial charge >= 0.3 is 0 Å². The van der Waals surface area contributed by atoms with E-state index >= 15 is 0 Å². The molecule has 0 bridgehead atoms. The molecule has 0 saturated carbocycles. The molecule has 7 nitrogen and oxygen atoms in total. The van der Waals surface area contributed by atoms with Crippen molar-refractivity contribution in [1.29, 1.82) is 0 Å². The van der Waals surface area contributed by atoms with Crippen molar-refractivity contribution in [2.75, 3.05) is 20.0 Å². The van der Waals surface area contributed by atoms with Crippen LogP contribution in [0.2, 0.25) is 0 Å². The maximum absolute atomic E-state index is 10.7. The third-order valence-corrected chi connectivity index (χ3v) is 1.65. The van der Waals surface area contributed by atoms with Crippen LogP contribution < -0.4 is 16.0 Å². The van der Waals surface area contributed by atoms with E-state index in [2.05, 4.69) is 16.0 Å². The molecular formula is C9H18N4O3. The van der Waals surface area contributed by atoms with Gasteiger partial charge in [0.2, 0.25) is 17.7 Å². The minimum absolute atomic E-state index is 0.171. The standard InChI is InChI=1S/C9H18N4O3/c1-7(14)10-4-13(5-11-8(2)15)6-12-9(3)16/h4-6H2,1-3H3,(H,10,14)(H,11,15)(H,12,16). The second-order valence-electron chi connectivity index (χ2n) is 3.34. The molecule has 0 aromatic carbocycles. The summed E-state index contributed by atoms with van der Waals surface area (Å²) in [6, 6.07) is 0. The number of rotatable bonds is 6. The molecule has 0 aromatic rings. The second-order valence-corrected chi connectivity index (χ2v) is 3.34. The molecule has 0 aliphatic rings. The van der Waals surface area contributed by atoms with Gasteiger partial charge in [0.1, 0.15) is 0 Å². The van der Waals surface area contributed by atoms with E-state index in [0.29, 0.717) is 0 Å². The predicted molar refractivity (Wildman–Crippen MR) is 57.9 cm³/mol. The van der Waals surface area contributed by atoms with E-state index in [-0.39, 0.29) is 37.7 Å². The van der Waals surface area contributed by atoms with Crippen LogP contribution in [-0.4, -0.2) is 42.6 Å². The van der Waals surface area contributed by atoms with Gasteiger partial charge in [-0.2, -0.15) is 0 Å². The van der Waals surface area contributed by atoms with Crippen LogP contribution in [0.5, 0.6) is 0 Å². The van der Waals surface area contributed by atoms with Crippen molar-refractivity contribution in [2.45, 2.75) is 20.8 Å². The van der Waals surface area contributed by atoms with E-state index < -0.39 is 0 Å². The Bertz CT molecular complexity index is 225. The number of hydrogen-bond acceptors (Lipinski definition) is 4. The Balaban J connectivity index is 3.98. The summed E-state index contributed by atoms with van der Waals surface area (Å²) in [7, 11) is 0. The van der Waals surface area contributed by atoms with Crippen molar-refractivity contribution >= 4 is 17.7 Å². The molecule has 3 N–H and O–H groups in total. The quantitative estimate of drug-likeness (QED) is 0.488. The van der Waals surface area contributed by atoms with Crippen molar-refractivity contribution in [1.82, 2.24) is 20.9 Å². The molecule has 0 aliphatic heterocycles. The largest absolute Gasteiger partial charge is 0.343 e. The van der Waals surface area contributed by atoms with Crippen LogP contribution in [0.4, 0.5) is 0 Å². The molecule has 0 heterocycles. The van der Waals surface area contributed by atoms with Crippen LogP contribution in [0.25, 0.3) is 0 Å². The minimum Gasteiger partial charge on any atom is -0.343 e. The van der Waals surface area contributed by atoms with Crippen molar-refractivity contribution in [3.63, 3.8) is 0 Å². The van der Waals surface area contributed by atoms with E-state index in [4.69, 9.17) is 0 Å². The van der Waals surface area contributed by atoms with Gasteiger partial charge in [-0.15, -0.1) is 0 Å². The first kappa shape index (κ1) is 14.4. The fourth-order valence-corrected chi connectivity index (χ4v) is 0.837.